The molecule has 260 valence electrons. The minimum absolute atomic E-state index is 0.0569. The molecule has 2 heterocycles. The molecule has 0 unspecified atom stereocenters. The first-order valence-electron chi connectivity index (χ1n) is 14.4. The number of nitrogens with zero attached hydrogens (tertiary/aromatic N) is 1. The number of halogens is 1. The highest BCUT2D eigenvalue weighted by molar-refractivity contribution is 7.80. The first-order valence-corrected chi connectivity index (χ1v) is 16.9. The molecular weight excluding hydrogens is 683 g/mol. The maximum atomic E-state index is 14.1. The van der Waals surface area contributed by atoms with Gasteiger partial charge in [0.25, 0.3) is 5.56 Å². The van der Waals surface area contributed by atoms with Crippen LogP contribution in [0.15, 0.2) is 52.2 Å². The number of aromatic nitrogens is 2. The van der Waals surface area contributed by atoms with Gasteiger partial charge in [0.05, 0.1) is 12.7 Å². The average Bonchev–Trinajstić information content (AvgIpc) is 3.23. The number of aromatic amines is 1. The fraction of sp³-hybridized carbons (Fsp3) is 0.536. The Labute approximate surface area is 280 Å². The highest BCUT2D eigenvalue weighted by atomic mass is 35.5. The number of rotatable bonds is 16. The van der Waals surface area contributed by atoms with Crippen LogP contribution in [0, 0.1) is 0 Å². The summed E-state index contributed by atoms with van der Waals surface area (Å²) in [4.78, 5) is 61.4. The van der Waals surface area contributed by atoms with Crippen LogP contribution in [0.5, 0.6) is 5.75 Å². The molecule has 1 aromatic heterocycles. The molecule has 1 saturated heterocycles. The number of alkyl halides is 1. The van der Waals surface area contributed by atoms with Crippen molar-refractivity contribution in [2.75, 3.05) is 19.2 Å². The molecule has 47 heavy (non-hydrogen) atoms. The van der Waals surface area contributed by atoms with Crippen LogP contribution in [0.25, 0.3) is 0 Å². The second kappa shape index (κ2) is 16.8. The van der Waals surface area contributed by atoms with Crippen molar-refractivity contribution in [1.82, 2.24) is 20.0 Å². The Balaban J connectivity index is 1.88. The number of ether oxygens (including phenoxy) is 4. The van der Waals surface area contributed by atoms with Gasteiger partial charge in [-0.1, -0.05) is 18.2 Å². The summed E-state index contributed by atoms with van der Waals surface area (Å²) in [5.74, 6) is -1.95. The molecule has 1 aliphatic heterocycles. The zero-order chi connectivity index (χ0) is 34.9. The van der Waals surface area contributed by atoms with Gasteiger partial charge in [0.15, 0.2) is 13.0 Å². The maximum absolute atomic E-state index is 14.1. The molecule has 2 aromatic rings. The number of amides is 1. The topological polar surface area (TPSA) is 203 Å². The van der Waals surface area contributed by atoms with E-state index in [1.165, 1.54) is 39.1 Å². The molecule has 16 nitrogen and oxygen atoms in total. The lowest BCUT2D eigenvalue weighted by molar-refractivity contribution is -0.167. The number of benzene rings is 1. The number of H-pyrrole nitrogens is 1. The van der Waals surface area contributed by atoms with Gasteiger partial charge in [-0.05, 0) is 39.8 Å². The van der Waals surface area contributed by atoms with Crippen LogP contribution in [0.3, 0.4) is 0 Å². The normalized spacial score (nSPS) is 23.4. The van der Waals surface area contributed by atoms with E-state index >= 15 is 0 Å². The minimum atomic E-state index is -4.38. The summed E-state index contributed by atoms with van der Waals surface area (Å²) in [5, 5.41) is 4.95. The molecule has 3 rings (SSSR count). The van der Waals surface area contributed by atoms with E-state index in [0.717, 1.165) is 10.6 Å². The fourth-order valence-electron chi connectivity index (χ4n) is 4.42. The number of hydrogen-bond donors (Lipinski definition) is 4. The molecule has 1 aromatic carbocycles. The highest BCUT2D eigenvalue weighted by Gasteiger charge is 2.55. The first-order chi connectivity index (χ1) is 22.1. The number of carbonyl (C=O) groups is 3. The van der Waals surface area contributed by atoms with Crippen LogP contribution >= 0.6 is 32.0 Å². The SMILES string of the molecule is CC(=O)N[C@@H](CS)C(=O)OCO[C@@H]1[C@@H](CO[P@@](=O)(N[C@@H](C)C(=O)OC(C)C)Oc2ccccc2)O[C@@H](n2ccc(=O)[nH]c2=O)[C@]1(C)Cl. The molecule has 0 saturated carbocycles. The summed E-state index contributed by atoms with van der Waals surface area (Å²) in [6.07, 6.45) is -2.98. The Morgan fingerprint density at radius 3 is 2.43 bits per heavy atom. The van der Waals surface area contributed by atoms with Crippen molar-refractivity contribution in [2.45, 2.75) is 76.1 Å². The first kappa shape index (κ1) is 38.3. The van der Waals surface area contributed by atoms with Crippen molar-refractivity contribution in [3.05, 3.63) is 63.4 Å². The largest absolute Gasteiger partial charge is 0.462 e. The van der Waals surface area contributed by atoms with E-state index in [2.05, 4.69) is 28.0 Å². The third-order valence-corrected chi connectivity index (χ3v) is 8.92. The molecular formula is C28H38ClN4O12PS. The van der Waals surface area contributed by atoms with Gasteiger partial charge in [-0.15, -0.1) is 11.6 Å². The molecule has 0 radical (unpaired) electrons. The number of para-hydroxylation sites is 1. The van der Waals surface area contributed by atoms with Crippen molar-refractivity contribution in [3.8, 4) is 5.75 Å². The minimum Gasteiger partial charge on any atom is -0.462 e. The number of nitrogens with one attached hydrogen (secondary N) is 3. The van der Waals surface area contributed by atoms with Gasteiger partial charge < -0.3 is 28.8 Å². The number of thiol groups is 1. The molecule has 19 heteroatoms. The Morgan fingerprint density at radius 1 is 1.15 bits per heavy atom. The second-order valence-electron chi connectivity index (χ2n) is 10.8. The lowest BCUT2D eigenvalue weighted by Crippen LogP contribution is -2.46. The van der Waals surface area contributed by atoms with Gasteiger partial charge in [0.2, 0.25) is 5.91 Å². The Kier molecular flexibility index (Phi) is 13.7. The van der Waals surface area contributed by atoms with E-state index in [1.54, 1.807) is 32.0 Å². The highest BCUT2D eigenvalue weighted by Crippen LogP contribution is 2.48. The van der Waals surface area contributed by atoms with Crippen molar-refractivity contribution in [1.29, 1.82) is 0 Å². The second-order valence-corrected chi connectivity index (χ2v) is 13.7. The Bertz CT molecular complexity index is 1560. The predicted octanol–water partition coefficient (Wildman–Crippen LogP) is 1.89. The van der Waals surface area contributed by atoms with Gasteiger partial charge in [-0.2, -0.15) is 17.7 Å². The standard InChI is InChI=1S/C28H38ClN4O12PS/c1-16(2)43-24(36)17(3)32-46(39,45-19-9-7-6-8-10-19)42-13-21-23(40-15-41-25(37)20(14-47)30-18(4)34)28(5,29)26(44-21)33-12-11-22(35)31-27(33)38/h6-12,16-17,20-21,23,26,47H,13-15H2,1-5H3,(H,30,34)(H,32,39)(H,31,35,38)/t17-,20-,21+,23+,26+,28+,46-/m0/s1. The Morgan fingerprint density at radius 2 is 1.83 bits per heavy atom. The van der Waals surface area contributed by atoms with E-state index in [9.17, 15) is 28.5 Å². The quantitative estimate of drug-likeness (QED) is 0.0644. The summed E-state index contributed by atoms with van der Waals surface area (Å²) in [5.41, 5.74) is -1.50. The number of carbonyl (C=O) groups excluding carboxylic acids is 3. The van der Waals surface area contributed by atoms with Crippen LogP contribution in [0.1, 0.15) is 40.8 Å². The number of esters is 2. The van der Waals surface area contributed by atoms with E-state index in [0.29, 0.717) is 0 Å². The van der Waals surface area contributed by atoms with Crippen LogP contribution in [0.4, 0.5) is 0 Å². The summed E-state index contributed by atoms with van der Waals surface area (Å²) in [7, 11) is -4.38. The number of hydrogen-bond acceptors (Lipinski definition) is 13. The molecule has 1 fully saturated rings. The van der Waals surface area contributed by atoms with Crippen molar-refractivity contribution < 1.29 is 46.9 Å². The lowest BCUT2D eigenvalue weighted by atomic mass is 10.0. The lowest BCUT2D eigenvalue weighted by Gasteiger charge is -2.30. The fourth-order valence-corrected chi connectivity index (χ4v) is 6.52. The van der Waals surface area contributed by atoms with Gasteiger partial charge in [0, 0.05) is 24.9 Å². The summed E-state index contributed by atoms with van der Waals surface area (Å²) < 4.78 is 48.8. The average molecular weight is 721 g/mol. The summed E-state index contributed by atoms with van der Waals surface area (Å²) in [6, 6.07) is 6.91. The van der Waals surface area contributed by atoms with Gasteiger partial charge >= 0.3 is 25.4 Å². The smallest absolute Gasteiger partial charge is 0.459 e. The molecule has 1 aliphatic rings. The van der Waals surface area contributed by atoms with Gasteiger partial charge in [-0.25, -0.2) is 14.2 Å². The molecule has 3 N–H and O–H groups in total. The van der Waals surface area contributed by atoms with Gasteiger partial charge in [-0.3, -0.25) is 28.5 Å². The van der Waals surface area contributed by atoms with E-state index in [-0.39, 0.29) is 11.5 Å². The predicted molar refractivity (Wildman–Crippen MR) is 171 cm³/mol. The zero-order valence-electron chi connectivity index (χ0n) is 26.2. The molecule has 0 aliphatic carbocycles. The van der Waals surface area contributed by atoms with Gasteiger partial charge in [0.1, 0.15) is 34.9 Å². The van der Waals surface area contributed by atoms with E-state index in [1.807, 2.05) is 0 Å². The van der Waals surface area contributed by atoms with Crippen molar-refractivity contribution >= 4 is 49.8 Å². The third kappa shape index (κ3) is 10.7. The monoisotopic (exact) mass is 720 g/mol. The van der Waals surface area contributed by atoms with E-state index in [4.69, 9.17) is 39.6 Å². The van der Waals surface area contributed by atoms with Crippen molar-refractivity contribution in [3.63, 3.8) is 0 Å². The third-order valence-electron chi connectivity index (χ3n) is 6.51. The Hall–Kier alpha value is -3.18. The van der Waals surface area contributed by atoms with Crippen LogP contribution in [-0.2, 0) is 42.4 Å². The van der Waals surface area contributed by atoms with E-state index < -0.39 is 91.7 Å². The van der Waals surface area contributed by atoms with Crippen molar-refractivity contribution in [2.24, 2.45) is 0 Å². The zero-order valence-corrected chi connectivity index (χ0v) is 28.8. The maximum Gasteiger partial charge on any atom is 0.459 e. The molecule has 1 amide bonds. The van der Waals surface area contributed by atoms with Crippen LogP contribution in [-0.4, -0.2) is 81.8 Å². The summed E-state index contributed by atoms with van der Waals surface area (Å²) in [6.45, 7) is 6.18. The van der Waals surface area contributed by atoms with Crippen LogP contribution in [0.2, 0.25) is 0 Å². The molecule has 7 atom stereocenters. The molecule has 0 bridgehead atoms. The van der Waals surface area contributed by atoms with Crippen LogP contribution < -0.4 is 26.2 Å². The molecule has 0 spiro atoms. The summed E-state index contributed by atoms with van der Waals surface area (Å²) >= 11 is 11.0.